The number of rotatable bonds is 7. The van der Waals surface area contributed by atoms with Crippen LogP contribution in [0.25, 0.3) is 5.82 Å². The number of fused-ring (bicyclic) bond motifs is 1. The van der Waals surface area contributed by atoms with Crippen LogP contribution in [0.1, 0.15) is 32.7 Å². The molecule has 5 rings (SSSR count). The number of aromatic nitrogens is 3. The summed E-state index contributed by atoms with van der Waals surface area (Å²) in [7, 11) is -2.02. The number of aliphatic imine (C=N–C) groups is 1. The molecule has 0 bridgehead atoms. The highest BCUT2D eigenvalue weighted by Gasteiger charge is 2.49. The number of nitrogens with zero attached hydrogens (tertiary/aromatic N) is 5. The molecule has 11 nitrogen and oxygen atoms in total. The molecule has 0 aliphatic carbocycles. The Morgan fingerprint density at radius 1 is 1.20 bits per heavy atom. The lowest BCUT2D eigenvalue weighted by atomic mass is 9.80. The fraction of sp³-hybridized carbons (Fsp3) is 0.346. The SMILES string of the molecule is C/N=C/c1ccc(-n2nc3c(c2NC(=O)CS(C)(=O)=O)C(=O)NC2(C3)CN(Cc3ccc(C(F)(F)F)cc3)C2)nc1. The van der Waals surface area contributed by atoms with Crippen molar-refractivity contribution in [3.63, 3.8) is 0 Å². The summed E-state index contributed by atoms with van der Waals surface area (Å²) in [6.07, 6.45) is -0.0164. The fourth-order valence-electron chi connectivity index (χ4n) is 5.10. The number of pyridine rings is 1. The van der Waals surface area contributed by atoms with E-state index in [2.05, 4.69) is 25.7 Å². The van der Waals surface area contributed by atoms with Crippen molar-refractivity contribution in [3.05, 3.63) is 70.5 Å². The first-order chi connectivity index (χ1) is 19.2. The lowest BCUT2D eigenvalue weighted by Crippen LogP contribution is -2.72. The third-order valence-corrected chi connectivity index (χ3v) is 7.51. The van der Waals surface area contributed by atoms with E-state index in [4.69, 9.17) is 0 Å². The van der Waals surface area contributed by atoms with E-state index < -0.39 is 44.7 Å². The van der Waals surface area contributed by atoms with E-state index in [0.717, 1.165) is 24.0 Å². The lowest BCUT2D eigenvalue weighted by Gasteiger charge is -2.52. The Bertz CT molecular complexity index is 1630. The van der Waals surface area contributed by atoms with Crippen LogP contribution in [-0.2, 0) is 33.8 Å². The monoisotopic (exact) mass is 589 g/mol. The molecule has 1 saturated heterocycles. The average Bonchev–Trinajstić information content (AvgIpc) is 3.20. The third kappa shape index (κ3) is 6.15. The van der Waals surface area contributed by atoms with Crippen LogP contribution in [0.2, 0.25) is 0 Å². The summed E-state index contributed by atoms with van der Waals surface area (Å²) in [6.45, 7) is 1.28. The normalized spacial score (nSPS) is 16.9. The van der Waals surface area contributed by atoms with Crippen molar-refractivity contribution in [1.29, 1.82) is 0 Å². The van der Waals surface area contributed by atoms with Gasteiger partial charge >= 0.3 is 6.18 Å². The minimum absolute atomic E-state index is 0.00587. The molecule has 2 amide bonds. The Morgan fingerprint density at radius 2 is 1.90 bits per heavy atom. The molecular weight excluding hydrogens is 563 g/mol. The maximum atomic E-state index is 13.4. The second kappa shape index (κ2) is 10.4. The van der Waals surface area contributed by atoms with Gasteiger partial charge in [-0.15, -0.1) is 0 Å². The third-order valence-electron chi connectivity index (χ3n) is 6.73. The second-order valence-corrected chi connectivity index (χ2v) is 12.4. The number of hydrogen-bond donors (Lipinski definition) is 2. The summed E-state index contributed by atoms with van der Waals surface area (Å²) in [4.78, 5) is 36.2. The number of carbonyl (C=O) groups excluding carboxylic acids is 2. The molecule has 41 heavy (non-hydrogen) atoms. The number of halogens is 3. The highest BCUT2D eigenvalue weighted by atomic mass is 32.2. The van der Waals surface area contributed by atoms with Gasteiger partial charge in [-0.05, 0) is 29.8 Å². The van der Waals surface area contributed by atoms with E-state index in [9.17, 15) is 31.2 Å². The zero-order valence-electron chi connectivity index (χ0n) is 22.1. The molecule has 4 heterocycles. The molecule has 2 N–H and O–H groups in total. The van der Waals surface area contributed by atoms with Gasteiger partial charge in [0, 0.05) is 57.3 Å². The minimum Gasteiger partial charge on any atom is -0.343 e. The molecule has 1 aromatic carbocycles. The van der Waals surface area contributed by atoms with E-state index >= 15 is 0 Å². The molecular formula is C26H26F3N7O4S. The van der Waals surface area contributed by atoms with Gasteiger partial charge in [-0.25, -0.2) is 13.4 Å². The van der Waals surface area contributed by atoms with E-state index in [-0.39, 0.29) is 11.4 Å². The van der Waals surface area contributed by atoms with Crippen LogP contribution >= 0.6 is 0 Å². The second-order valence-electron chi connectivity index (χ2n) is 10.3. The Hall–Kier alpha value is -4.11. The van der Waals surface area contributed by atoms with Crippen LogP contribution in [0.15, 0.2) is 47.6 Å². The van der Waals surface area contributed by atoms with Crippen LogP contribution in [0.3, 0.4) is 0 Å². The molecule has 3 aromatic rings. The molecule has 2 aliphatic rings. The summed E-state index contributed by atoms with van der Waals surface area (Å²) in [5.41, 5.74) is 0.566. The van der Waals surface area contributed by atoms with Crippen molar-refractivity contribution >= 4 is 33.7 Å². The zero-order chi connectivity index (χ0) is 29.6. The van der Waals surface area contributed by atoms with Gasteiger partial charge in [-0.3, -0.25) is 19.5 Å². The van der Waals surface area contributed by atoms with Gasteiger partial charge in [0.25, 0.3) is 5.91 Å². The molecule has 1 spiro atoms. The number of benzene rings is 1. The van der Waals surface area contributed by atoms with Crippen molar-refractivity contribution < 1.29 is 31.2 Å². The van der Waals surface area contributed by atoms with Crippen molar-refractivity contribution in [3.8, 4) is 5.82 Å². The number of likely N-dealkylation sites (tertiary alicyclic amines) is 1. The first kappa shape index (κ1) is 28.4. The van der Waals surface area contributed by atoms with Gasteiger partial charge in [0.05, 0.1) is 16.8 Å². The average molecular weight is 590 g/mol. The summed E-state index contributed by atoms with van der Waals surface area (Å²) in [5, 5.41) is 10.1. The van der Waals surface area contributed by atoms with Crippen LogP contribution in [0, 0.1) is 0 Å². The van der Waals surface area contributed by atoms with E-state index in [1.807, 2.05) is 4.90 Å². The smallest absolute Gasteiger partial charge is 0.343 e. The number of sulfone groups is 1. The molecule has 0 unspecified atom stereocenters. The van der Waals surface area contributed by atoms with E-state index in [1.165, 1.54) is 23.0 Å². The van der Waals surface area contributed by atoms with Crippen LogP contribution in [0.4, 0.5) is 19.0 Å². The van der Waals surface area contributed by atoms with Gasteiger partial charge < -0.3 is 10.6 Å². The Morgan fingerprint density at radius 3 is 2.49 bits per heavy atom. The maximum absolute atomic E-state index is 13.4. The van der Waals surface area contributed by atoms with Gasteiger partial charge in [0.15, 0.2) is 21.5 Å². The van der Waals surface area contributed by atoms with Gasteiger partial charge in [0.1, 0.15) is 11.3 Å². The van der Waals surface area contributed by atoms with Crippen molar-refractivity contribution in [2.75, 3.05) is 37.5 Å². The standard InChI is InChI=1S/C26H26F3N7O4S/c1-30-10-17-5-8-20(31-11-17)36-23(32-21(37)13-41(2,39)40)22-19(34-36)9-25(33-24(22)38)14-35(15-25)12-16-3-6-18(7-4-16)26(27,28)29/h3-8,10-11H,9,12-15H2,1-2H3,(H,32,37)(H,33,38)/b30-10+. The highest BCUT2D eigenvalue weighted by Crippen LogP contribution is 2.36. The molecule has 2 aromatic heterocycles. The summed E-state index contributed by atoms with van der Waals surface area (Å²) >= 11 is 0. The molecule has 1 fully saturated rings. The molecule has 216 valence electrons. The summed E-state index contributed by atoms with van der Waals surface area (Å²) < 4.78 is 63.3. The van der Waals surface area contributed by atoms with Crippen molar-refractivity contribution in [2.45, 2.75) is 24.7 Å². The number of nitrogens with one attached hydrogen (secondary N) is 2. The van der Waals surface area contributed by atoms with Gasteiger partial charge in [-0.1, -0.05) is 12.1 Å². The predicted molar refractivity (Wildman–Crippen MR) is 144 cm³/mol. The van der Waals surface area contributed by atoms with E-state index in [0.29, 0.717) is 43.1 Å². The van der Waals surface area contributed by atoms with Crippen molar-refractivity contribution in [1.82, 2.24) is 25.0 Å². The number of amides is 2. The first-order valence-electron chi connectivity index (χ1n) is 12.4. The van der Waals surface area contributed by atoms with E-state index in [1.54, 1.807) is 25.4 Å². The van der Waals surface area contributed by atoms with Crippen molar-refractivity contribution in [2.24, 2.45) is 4.99 Å². The number of hydrogen-bond acceptors (Lipinski definition) is 8. The molecule has 0 atom stereocenters. The molecule has 15 heteroatoms. The zero-order valence-corrected chi connectivity index (χ0v) is 22.9. The molecule has 0 saturated carbocycles. The molecule has 0 radical (unpaired) electrons. The number of alkyl halides is 3. The highest BCUT2D eigenvalue weighted by molar-refractivity contribution is 7.91. The first-order valence-corrected chi connectivity index (χ1v) is 14.5. The minimum atomic E-state index is -4.41. The topological polar surface area (TPSA) is 139 Å². The predicted octanol–water partition coefficient (Wildman–Crippen LogP) is 1.86. The van der Waals surface area contributed by atoms with Gasteiger partial charge in [-0.2, -0.15) is 23.0 Å². The quantitative estimate of drug-likeness (QED) is 0.401. The van der Waals surface area contributed by atoms with Crippen LogP contribution in [-0.4, -0.2) is 83.8 Å². The summed E-state index contributed by atoms with van der Waals surface area (Å²) in [5.74, 6) is -1.80. The number of carbonyl (C=O) groups is 2. The Kier molecular flexibility index (Phi) is 7.19. The van der Waals surface area contributed by atoms with Gasteiger partial charge in [0.2, 0.25) is 5.91 Å². The van der Waals surface area contributed by atoms with Crippen LogP contribution in [0.5, 0.6) is 0 Å². The Balaban J connectivity index is 1.39. The number of anilines is 1. The van der Waals surface area contributed by atoms with Crippen LogP contribution < -0.4 is 10.6 Å². The Labute approximate surface area is 233 Å². The lowest BCUT2D eigenvalue weighted by molar-refractivity contribution is -0.137. The summed E-state index contributed by atoms with van der Waals surface area (Å²) in [6, 6.07) is 8.31. The largest absolute Gasteiger partial charge is 0.416 e. The molecule has 2 aliphatic heterocycles. The maximum Gasteiger partial charge on any atom is 0.416 e. The fourth-order valence-corrected chi connectivity index (χ4v) is 5.65.